The summed E-state index contributed by atoms with van der Waals surface area (Å²) >= 11 is 0. The number of carbonyl (C=O) groups is 2. The van der Waals surface area contributed by atoms with E-state index in [1.807, 2.05) is 42.5 Å². The lowest BCUT2D eigenvalue weighted by atomic mass is 9.95. The van der Waals surface area contributed by atoms with Gasteiger partial charge in [0, 0.05) is 0 Å². The minimum Gasteiger partial charge on any atom is -0.460 e. The fourth-order valence-electron chi connectivity index (χ4n) is 3.02. The predicted octanol–water partition coefficient (Wildman–Crippen LogP) is 4.72. The summed E-state index contributed by atoms with van der Waals surface area (Å²) in [6, 6.07) is 23.9. The van der Waals surface area contributed by atoms with Crippen molar-refractivity contribution in [1.29, 1.82) is 0 Å². The van der Waals surface area contributed by atoms with Gasteiger partial charge in [0.25, 0.3) is 0 Å². The first-order valence-electron chi connectivity index (χ1n) is 8.82. The van der Waals surface area contributed by atoms with E-state index < -0.39 is 11.9 Å². The van der Waals surface area contributed by atoms with E-state index >= 15 is 0 Å². The molecule has 0 N–H and O–H groups in total. The maximum atomic E-state index is 12.3. The van der Waals surface area contributed by atoms with Crippen LogP contribution in [-0.2, 0) is 27.4 Å². The number of benzene rings is 3. The van der Waals surface area contributed by atoms with Crippen LogP contribution in [0.2, 0.25) is 0 Å². The molecule has 0 spiro atoms. The first kappa shape index (κ1) is 17.9. The van der Waals surface area contributed by atoms with Gasteiger partial charge >= 0.3 is 5.97 Å². The fraction of sp³-hybridized carbons (Fsp3) is 0.217. The summed E-state index contributed by atoms with van der Waals surface area (Å²) in [7, 11) is 0. The summed E-state index contributed by atoms with van der Waals surface area (Å²) in [6.45, 7) is 1.65. The van der Waals surface area contributed by atoms with Gasteiger partial charge in [-0.05, 0) is 41.7 Å². The van der Waals surface area contributed by atoms with Crippen LogP contribution in [0.25, 0.3) is 10.8 Å². The van der Waals surface area contributed by atoms with E-state index in [2.05, 4.69) is 30.3 Å². The smallest absolute Gasteiger partial charge is 0.316 e. The van der Waals surface area contributed by atoms with Crippen molar-refractivity contribution in [3.05, 3.63) is 83.9 Å². The topological polar surface area (TPSA) is 43.4 Å². The van der Waals surface area contributed by atoms with Crippen LogP contribution in [0.3, 0.4) is 0 Å². The molecule has 26 heavy (non-hydrogen) atoms. The molecule has 0 aliphatic rings. The highest BCUT2D eigenvalue weighted by atomic mass is 16.5. The highest BCUT2D eigenvalue weighted by molar-refractivity contribution is 5.97. The van der Waals surface area contributed by atoms with Gasteiger partial charge in [-0.25, -0.2) is 0 Å². The van der Waals surface area contributed by atoms with Gasteiger partial charge in [0.15, 0.2) is 0 Å². The summed E-state index contributed by atoms with van der Waals surface area (Å²) in [5.41, 5.74) is 2.03. The first-order valence-corrected chi connectivity index (χ1v) is 8.82. The molecule has 0 saturated heterocycles. The Morgan fingerprint density at radius 2 is 1.54 bits per heavy atom. The molecule has 1 atom stereocenters. The predicted molar refractivity (Wildman–Crippen MR) is 103 cm³/mol. The standard InChI is InChI=1S/C23H22O3/c1-17(24)22(23(25)26-16-19-7-3-2-4-8-19)14-12-18-11-13-20-9-5-6-10-21(20)15-18/h2-11,13,15,22H,12,14,16H2,1H3. The third kappa shape index (κ3) is 4.57. The second kappa shape index (κ2) is 8.43. The summed E-state index contributed by atoms with van der Waals surface area (Å²) < 4.78 is 5.35. The van der Waals surface area contributed by atoms with Crippen molar-refractivity contribution >= 4 is 22.5 Å². The SMILES string of the molecule is CC(=O)C(CCc1ccc2ccccc2c1)C(=O)OCc1ccccc1. The molecule has 132 valence electrons. The number of esters is 1. The lowest BCUT2D eigenvalue weighted by Crippen LogP contribution is -2.25. The fourth-order valence-corrected chi connectivity index (χ4v) is 3.02. The monoisotopic (exact) mass is 346 g/mol. The lowest BCUT2D eigenvalue weighted by molar-refractivity contribution is -0.153. The average Bonchev–Trinajstić information content (AvgIpc) is 2.67. The Morgan fingerprint density at radius 1 is 0.846 bits per heavy atom. The summed E-state index contributed by atoms with van der Waals surface area (Å²) in [4.78, 5) is 24.3. The Kier molecular flexibility index (Phi) is 5.80. The second-order valence-electron chi connectivity index (χ2n) is 6.48. The third-order valence-corrected chi connectivity index (χ3v) is 4.53. The number of rotatable bonds is 7. The molecule has 0 amide bonds. The van der Waals surface area contributed by atoms with Crippen molar-refractivity contribution in [3.63, 3.8) is 0 Å². The van der Waals surface area contributed by atoms with Crippen LogP contribution in [-0.4, -0.2) is 11.8 Å². The number of hydrogen-bond donors (Lipinski definition) is 0. The zero-order valence-electron chi connectivity index (χ0n) is 14.9. The van der Waals surface area contributed by atoms with Gasteiger partial charge in [-0.1, -0.05) is 72.8 Å². The van der Waals surface area contributed by atoms with E-state index in [9.17, 15) is 9.59 Å². The Hall–Kier alpha value is -2.94. The highest BCUT2D eigenvalue weighted by Crippen LogP contribution is 2.19. The molecule has 0 bridgehead atoms. The summed E-state index contributed by atoms with van der Waals surface area (Å²) in [5, 5.41) is 2.35. The van der Waals surface area contributed by atoms with E-state index in [0.717, 1.165) is 16.5 Å². The normalized spacial score (nSPS) is 11.9. The second-order valence-corrected chi connectivity index (χ2v) is 6.48. The van der Waals surface area contributed by atoms with E-state index in [4.69, 9.17) is 4.74 Å². The van der Waals surface area contributed by atoms with E-state index in [0.29, 0.717) is 12.8 Å². The molecular weight excluding hydrogens is 324 g/mol. The first-order chi connectivity index (χ1) is 12.6. The number of ether oxygens (including phenoxy) is 1. The molecule has 0 aliphatic heterocycles. The minimum atomic E-state index is -0.717. The van der Waals surface area contributed by atoms with Crippen molar-refractivity contribution in [2.45, 2.75) is 26.4 Å². The van der Waals surface area contributed by atoms with Crippen molar-refractivity contribution in [1.82, 2.24) is 0 Å². The number of hydrogen-bond acceptors (Lipinski definition) is 3. The van der Waals surface area contributed by atoms with Crippen LogP contribution < -0.4 is 0 Å². The molecule has 3 rings (SSSR count). The quantitative estimate of drug-likeness (QED) is 0.459. The van der Waals surface area contributed by atoms with Crippen LogP contribution in [0, 0.1) is 5.92 Å². The molecule has 0 saturated carbocycles. The molecular formula is C23H22O3. The molecule has 0 fully saturated rings. The average molecular weight is 346 g/mol. The van der Waals surface area contributed by atoms with Crippen LogP contribution in [0.5, 0.6) is 0 Å². The van der Waals surface area contributed by atoms with Gasteiger partial charge in [0.2, 0.25) is 0 Å². The van der Waals surface area contributed by atoms with Gasteiger partial charge in [-0.15, -0.1) is 0 Å². The lowest BCUT2D eigenvalue weighted by Gasteiger charge is -2.14. The zero-order chi connectivity index (χ0) is 18.4. The van der Waals surface area contributed by atoms with E-state index in [-0.39, 0.29) is 12.4 Å². The molecule has 0 aliphatic carbocycles. The number of carbonyl (C=O) groups excluding carboxylic acids is 2. The van der Waals surface area contributed by atoms with Gasteiger partial charge in [0.05, 0.1) is 0 Å². The van der Waals surface area contributed by atoms with E-state index in [1.165, 1.54) is 12.3 Å². The molecule has 0 radical (unpaired) electrons. The third-order valence-electron chi connectivity index (χ3n) is 4.53. The number of ketones is 1. The van der Waals surface area contributed by atoms with Gasteiger partial charge in [0.1, 0.15) is 18.3 Å². The maximum Gasteiger partial charge on any atom is 0.316 e. The summed E-state index contributed by atoms with van der Waals surface area (Å²) in [6.07, 6.45) is 1.12. The van der Waals surface area contributed by atoms with Crippen molar-refractivity contribution in [2.75, 3.05) is 0 Å². The van der Waals surface area contributed by atoms with E-state index in [1.54, 1.807) is 0 Å². The van der Waals surface area contributed by atoms with Gasteiger partial charge < -0.3 is 4.74 Å². The van der Waals surface area contributed by atoms with Crippen LogP contribution in [0.1, 0.15) is 24.5 Å². The summed E-state index contributed by atoms with van der Waals surface area (Å²) in [5.74, 6) is -1.31. The Labute approximate surface area is 153 Å². The minimum absolute atomic E-state index is 0.149. The van der Waals surface area contributed by atoms with Crippen molar-refractivity contribution in [3.8, 4) is 0 Å². The molecule has 3 heteroatoms. The molecule has 3 aromatic rings. The Bertz CT molecular complexity index is 899. The van der Waals surface area contributed by atoms with Gasteiger partial charge in [-0.2, -0.15) is 0 Å². The van der Waals surface area contributed by atoms with Crippen LogP contribution >= 0.6 is 0 Å². The Balaban J connectivity index is 1.62. The largest absolute Gasteiger partial charge is 0.460 e. The van der Waals surface area contributed by atoms with Crippen LogP contribution in [0.4, 0.5) is 0 Å². The zero-order valence-corrected chi connectivity index (χ0v) is 14.9. The number of fused-ring (bicyclic) bond motifs is 1. The molecule has 3 aromatic carbocycles. The molecule has 3 nitrogen and oxygen atoms in total. The maximum absolute atomic E-state index is 12.3. The van der Waals surface area contributed by atoms with Crippen molar-refractivity contribution < 1.29 is 14.3 Å². The molecule has 0 aromatic heterocycles. The molecule has 1 unspecified atom stereocenters. The Morgan fingerprint density at radius 3 is 2.27 bits per heavy atom. The number of aryl methyl sites for hydroxylation is 1. The van der Waals surface area contributed by atoms with Crippen LogP contribution in [0.15, 0.2) is 72.8 Å². The van der Waals surface area contributed by atoms with Gasteiger partial charge in [-0.3, -0.25) is 9.59 Å². The van der Waals surface area contributed by atoms with Crippen molar-refractivity contribution in [2.24, 2.45) is 5.92 Å². The molecule has 0 heterocycles. The number of Topliss-reactive ketones (excluding diaryl/α,β-unsaturated/α-hetero) is 1. The highest BCUT2D eigenvalue weighted by Gasteiger charge is 2.24.